The predicted molar refractivity (Wildman–Crippen MR) is 118 cm³/mol. The second-order valence-electron chi connectivity index (χ2n) is 6.60. The summed E-state index contributed by atoms with van der Waals surface area (Å²) in [6.07, 6.45) is 2.04. The molecule has 0 aliphatic rings. The van der Waals surface area contributed by atoms with Crippen molar-refractivity contribution in [2.24, 2.45) is 0 Å². The Morgan fingerprint density at radius 2 is 1.77 bits per heavy atom. The Hall–Kier alpha value is -2.90. The van der Waals surface area contributed by atoms with Crippen molar-refractivity contribution in [3.63, 3.8) is 0 Å². The molecule has 4 rings (SSSR count). The molecule has 152 valence electrons. The van der Waals surface area contributed by atoms with Gasteiger partial charge in [-0.2, -0.15) is 9.97 Å². The molecule has 6 nitrogen and oxygen atoms in total. The Balaban J connectivity index is 1.53. The quantitative estimate of drug-likeness (QED) is 0.354. The summed E-state index contributed by atoms with van der Waals surface area (Å²) in [5, 5.41) is 4.67. The molecule has 4 aromatic rings. The van der Waals surface area contributed by atoms with Crippen LogP contribution < -0.4 is 4.74 Å². The molecule has 2 aromatic heterocycles. The van der Waals surface area contributed by atoms with E-state index in [0.29, 0.717) is 28.4 Å². The maximum absolute atomic E-state index is 6.10. The minimum absolute atomic E-state index is 0.113. The molecule has 0 aliphatic heterocycles. The van der Waals surface area contributed by atoms with Crippen LogP contribution in [0.5, 0.6) is 5.88 Å². The first-order valence-electron chi connectivity index (χ1n) is 9.24. The third-order valence-electron chi connectivity index (χ3n) is 4.58. The van der Waals surface area contributed by atoms with Crippen molar-refractivity contribution in [2.45, 2.75) is 25.3 Å². The standard InChI is InChI=1S/C22H19ClN4O2S/c1-13-14(2)24-20(16-5-4-6-17(23)11-16)26-22(13)28-12-19-25-21(27-29-19)15-7-9-18(30-3)10-8-15/h4-11H,12H2,1-3H3. The van der Waals surface area contributed by atoms with Gasteiger partial charge >= 0.3 is 0 Å². The van der Waals surface area contributed by atoms with Crippen LogP contribution in [0.15, 0.2) is 57.9 Å². The third kappa shape index (κ3) is 4.47. The molecule has 0 saturated heterocycles. The van der Waals surface area contributed by atoms with Crippen LogP contribution in [0.4, 0.5) is 0 Å². The Labute approximate surface area is 183 Å². The highest BCUT2D eigenvalue weighted by atomic mass is 35.5. The van der Waals surface area contributed by atoms with Crippen molar-refractivity contribution in [2.75, 3.05) is 6.26 Å². The van der Waals surface area contributed by atoms with Crippen LogP contribution in [-0.4, -0.2) is 26.4 Å². The maximum Gasteiger partial charge on any atom is 0.264 e. The molecule has 0 bridgehead atoms. The molecule has 0 fully saturated rings. The van der Waals surface area contributed by atoms with E-state index in [2.05, 4.69) is 20.1 Å². The Morgan fingerprint density at radius 3 is 2.50 bits per heavy atom. The van der Waals surface area contributed by atoms with Crippen LogP contribution >= 0.6 is 23.4 Å². The van der Waals surface area contributed by atoms with Crippen molar-refractivity contribution in [1.82, 2.24) is 20.1 Å². The third-order valence-corrected chi connectivity index (χ3v) is 5.55. The fraction of sp³-hybridized carbons (Fsp3) is 0.182. The van der Waals surface area contributed by atoms with Gasteiger partial charge in [0.15, 0.2) is 12.4 Å². The molecule has 0 amide bonds. The second kappa shape index (κ2) is 8.85. The van der Waals surface area contributed by atoms with E-state index in [1.807, 2.05) is 68.6 Å². The number of ether oxygens (including phenoxy) is 1. The van der Waals surface area contributed by atoms with E-state index in [9.17, 15) is 0 Å². The lowest BCUT2D eigenvalue weighted by molar-refractivity contribution is 0.234. The first-order chi connectivity index (χ1) is 14.5. The number of aromatic nitrogens is 4. The summed E-state index contributed by atoms with van der Waals surface area (Å²) >= 11 is 7.78. The monoisotopic (exact) mass is 438 g/mol. The van der Waals surface area contributed by atoms with Crippen molar-refractivity contribution in [3.8, 4) is 28.7 Å². The van der Waals surface area contributed by atoms with Crippen LogP contribution in [0, 0.1) is 13.8 Å². The lowest BCUT2D eigenvalue weighted by Crippen LogP contribution is -2.04. The van der Waals surface area contributed by atoms with E-state index in [-0.39, 0.29) is 6.61 Å². The van der Waals surface area contributed by atoms with Gasteiger partial charge in [-0.1, -0.05) is 28.9 Å². The molecule has 0 saturated carbocycles. The highest BCUT2D eigenvalue weighted by Crippen LogP contribution is 2.26. The van der Waals surface area contributed by atoms with Gasteiger partial charge in [-0.15, -0.1) is 11.8 Å². The number of thioether (sulfide) groups is 1. The highest BCUT2D eigenvalue weighted by molar-refractivity contribution is 7.98. The summed E-state index contributed by atoms with van der Waals surface area (Å²) in [7, 11) is 0. The fourth-order valence-corrected chi connectivity index (χ4v) is 3.40. The van der Waals surface area contributed by atoms with Crippen molar-refractivity contribution in [1.29, 1.82) is 0 Å². The van der Waals surface area contributed by atoms with Crippen LogP contribution in [0.25, 0.3) is 22.8 Å². The van der Waals surface area contributed by atoms with Crippen LogP contribution in [0.3, 0.4) is 0 Å². The summed E-state index contributed by atoms with van der Waals surface area (Å²) < 4.78 is 11.2. The highest BCUT2D eigenvalue weighted by Gasteiger charge is 2.14. The summed E-state index contributed by atoms with van der Waals surface area (Å²) in [6, 6.07) is 15.4. The lowest BCUT2D eigenvalue weighted by atomic mass is 10.2. The smallest absolute Gasteiger partial charge is 0.264 e. The van der Waals surface area contributed by atoms with Crippen LogP contribution in [0.1, 0.15) is 17.1 Å². The zero-order valence-corrected chi connectivity index (χ0v) is 18.3. The predicted octanol–water partition coefficient (Wildman–Crippen LogP) is 5.76. The number of hydrogen-bond acceptors (Lipinski definition) is 7. The zero-order chi connectivity index (χ0) is 21.1. The van der Waals surface area contributed by atoms with Gasteiger partial charge in [-0.25, -0.2) is 4.98 Å². The molecule has 2 aromatic carbocycles. The van der Waals surface area contributed by atoms with Gasteiger partial charge in [0.1, 0.15) is 0 Å². The summed E-state index contributed by atoms with van der Waals surface area (Å²) in [5.41, 5.74) is 3.40. The molecule has 2 heterocycles. The molecule has 0 atom stereocenters. The first kappa shape index (κ1) is 20.4. The van der Waals surface area contributed by atoms with E-state index < -0.39 is 0 Å². The van der Waals surface area contributed by atoms with Gasteiger partial charge in [-0.05, 0) is 56.5 Å². The van der Waals surface area contributed by atoms with E-state index >= 15 is 0 Å². The van der Waals surface area contributed by atoms with Crippen molar-refractivity contribution >= 4 is 23.4 Å². The van der Waals surface area contributed by atoms with E-state index in [1.54, 1.807) is 11.8 Å². The average Bonchev–Trinajstić information content (AvgIpc) is 3.24. The number of benzene rings is 2. The Morgan fingerprint density at radius 1 is 0.967 bits per heavy atom. The molecule has 0 unspecified atom stereocenters. The maximum atomic E-state index is 6.10. The van der Waals surface area contributed by atoms with E-state index in [1.165, 1.54) is 4.90 Å². The minimum atomic E-state index is 0.113. The second-order valence-corrected chi connectivity index (χ2v) is 7.92. The van der Waals surface area contributed by atoms with Gasteiger partial charge in [0.25, 0.3) is 5.89 Å². The number of hydrogen-bond donors (Lipinski definition) is 0. The van der Waals surface area contributed by atoms with E-state index in [4.69, 9.17) is 20.9 Å². The first-order valence-corrected chi connectivity index (χ1v) is 10.8. The molecule has 30 heavy (non-hydrogen) atoms. The Kier molecular flexibility index (Phi) is 6.01. The molecule has 8 heteroatoms. The van der Waals surface area contributed by atoms with E-state index in [0.717, 1.165) is 22.4 Å². The topological polar surface area (TPSA) is 73.9 Å². The normalized spacial score (nSPS) is 10.9. The molecular weight excluding hydrogens is 420 g/mol. The van der Waals surface area contributed by atoms with Crippen molar-refractivity contribution < 1.29 is 9.26 Å². The molecule has 0 radical (unpaired) electrons. The minimum Gasteiger partial charge on any atom is -0.467 e. The summed E-state index contributed by atoms with van der Waals surface area (Å²) in [4.78, 5) is 14.7. The molecule has 0 N–H and O–H groups in total. The van der Waals surface area contributed by atoms with Gasteiger partial charge < -0.3 is 9.26 Å². The fourth-order valence-electron chi connectivity index (χ4n) is 2.80. The largest absolute Gasteiger partial charge is 0.467 e. The van der Waals surface area contributed by atoms with Gasteiger partial charge in [0, 0.05) is 32.3 Å². The number of nitrogens with zero attached hydrogens (tertiary/aromatic N) is 4. The number of halogens is 1. The average molecular weight is 439 g/mol. The van der Waals surface area contributed by atoms with Crippen LogP contribution in [0.2, 0.25) is 5.02 Å². The molecular formula is C22H19ClN4O2S. The summed E-state index contributed by atoms with van der Waals surface area (Å²) in [5.74, 6) is 1.92. The Bertz CT molecular complexity index is 1180. The SMILES string of the molecule is CSc1ccc(-c2noc(COc3nc(-c4cccc(Cl)c4)nc(C)c3C)n2)cc1. The van der Waals surface area contributed by atoms with Gasteiger partial charge in [-0.3, -0.25) is 0 Å². The summed E-state index contributed by atoms with van der Waals surface area (Å²) in [6.45, 7) is 3.95. The lowest BCUT2D eigenvalue weighted by Gasteiger charge is -2.10. The molecule has 0 aliphatic carbocycles. The van der Waals surface area contributed by atoms with Crippen LogP contribution in [-0.2, 0) is 6.61 Å². The number of rotatable bonds is 6. The zero-order valence-electron chi connectivity index (χ0n) is 16.7. The van der Waals surface area contributed by atoms with Gasteiger partial charge in [0.05, 0.1) is 0 Å². The van der Waals surface area contributed by atoms with Crippen molar-refractivity contribution in [3.05, 3.63) is 70.7 Å². The number of aryl methyl sites for hydroxylation is 1. The molecule has 0 spiro atoms. The van der Waals surface area contributed by atoms with Gasteiger partial charge in [0.2, 0.25) is 11.7 Å².